The van der Waals surface area contributed by atoms with Gasteiger partial charge in [-0.1, -0.05) is 11.6 Å². The van der Waals surface area contributed by atoms with E-state index in [9.17, 15) is 13.2 Å². The van der Waals surface area contributed by atoms with Crippen molar-refractivity contribution >= 4 is 33.2 Å². The van der Waals surface area contributed by atoms with Gasteiger partial charge in [0, 0.05) is 25.5 Å². The molecule has 0 heterocycles. The molecule has 0 saturated heterocycles. The smallest absolute Gasteiger partial charge is 0.225 e. The molecular formula is C12H17ClN2O4S. The number of amides is 1. The Hall–Kier alpha value is -1.31. The van der Waals surface area contributed by atoms with Gasteiger partial charge in [-0.3, -0.25) is 4.79 Å². The molecule has 0 atom stereocenters. The lowest BCUT2D eigenvalue weighted by Crippen LogP contribution is -2.27. The van der Waals surface area contributed by atoms with Crippen LogP contribution < -0.4 is 10.1 Å². The zero-order valence-electron chi connectivity index (χ0n) is 11.5. The second-order valence-corrected chi connectivity index (χ2v) is 6.98. The Kier molecular flexibility index (Phi) is 5.79. The normalized spacial score (nSPS) is 11.4. The van der Waals surface area contributed by atoms with Gasteiger partial charge >= 0.3 is 0 Å². The van der Waals surface area contributed by atoms with E-state index < -0.39 is 15.9 Å². The molecule has 0 unspecified atom stereocenters. The molecule has 1 rings (SSSR count). The summed E-state index contributed by atoms with van der Waals surface area (Å²) in [6.07, 6.45) is -0.143. The predicted molar refractivity (Wildman–Crippen MR) is 78.7 cm³/mol. The molecule has 0 saturated carbocycles. The first-order valence-electron chi connectivity index (χ1n) is 5.80. The number of hydrogen-bond donors (Lipinski definition) is 1. The van der Waals surface area contributed by atoms with E-state index in [-0.39, 0.29) is 12.2 Å². The van der Waals surface area contributed by atoms with E-state index in [1.54, 1.807) is 18.2 Å². The maximum absolute atomic E-state index is 11.8. The molecule has 1 N–H and O–H groups in total. The quantitative estimate of drug-likeness (QED) is 0.863. The summed E-state index contributed by atoms with van der Waals surface area (Å²) in [5.41, 5.74) is 0.409. The van der Waals surface area contributed by atoms with Gasteiger partial charge in [0.25, 0.3) is 0 Å². The van der Waals surface area contributed by atoms with Gasteiger partial charge in [0.05, 0.1) is 18.6 Å². The first kappa shape index (κ1) is 16.7. The highest BCUT2D eigenvalue weighted by Crippen LogP contribution is 2.27. The van der Waals surface area contributed by atoms with Crippen molar-refractivity contribution in [3.63, 3.8) is 0 Å². The number of benzene rings is 1. The van der Waals surface area contributed by atoms with E-state index in [1.807, 2.05) is 0 Å². The number of carbonyl (C=O) groups excluding carboxylic acids is 1. The summed E-state index contributed by atoms with van der Waals surface area (Å²) in [4.78, 5) is 11.8. The summed E-state index contributed by atoms with van der Waals surface area (Å²) in [6.45, 7) is 0. The molecule has 8 heteroatoms. The van der Waals surface area contributed by atoms with Crippen LogP contribution in [0.4, 0.5) is 5.69 Å². The third-order valence-electron chi connectivity index (χ3n) is 2.58. The van der Waals surface area contributed by atoms with Crippen LogP contribution in [-0.2, 0) is 14.8 Å². The van der Waals surface area contributed by atoms with Crippen LogP contribution >= 0.6 is 11.6 Å². The summed E-state index contributed by atoms with van der Waals surface area (Å²) in [6, 6.07) is 4.79. The van der Waals surface area contributed by atoms with E-state index in [1.165, 1.54) is 21.2 Å². The molecule has 20 heavy (non-hydrogen) atoms. The van der Waals surface area contributed by atoms with Crippen molar-refractivity contribution in [2.45, 2.75) is 6.42 Å². The Labute approximate surface area is 123 Å². The Bertz CT molecular complexity index is 587. The molecule has 112 valence electrons. The minimum atomic E-state index is -3.39. The van der Waals surface area contributed by atoms with Crippen LogP contribution in [0.3, 0.4) is 0 Å². The number of sulfonamides is 1. The average Bonchev–Trinajstić information content (AvgIpc) is 2.36. The van der Waals surface area contributed by atoms with Crippen LogP contribution in [0.25, 0.3) is 0 Å². The maximum Gasteiger partial charge on any atom is 0.225 e. The van der Waals surface area contributed by atoms with Gasteiger partial charge in [-0.15, -0.1) is 0 Å². The van der Waals surface area contributed by atoms with Crippen LogP contribution in [0.5, 0.6) is 5.75 Å². The molecule has 1 aromatic rings. The lowest BCUT2D eigenvalue weighted by molar-refractivity contribution is -0.115. The van der Waals surface area contributed by atoms with Gasteiger partial charge in [-0.25, -0.2) is 12.7 Å². The number of rotatable bonds is 6. The molecule has 0 aliphatic heterocycles. The Morgan fingerprint density at radius 1 is 1.40 bits per heavy atom. The third-order valence-corrected chi connectivity index (χ3v) is 4.65. The van der Waals surface area contributed by atoms with E-state index >= 15 is 0 Å². The number of anilines is 1. The number of hydrogen-bond acceptors (Lipinski definition) is 4. The molecule has 1 amide bonds. The first-order chi connectivity index (χ1) is 9.26. The molecule has 0 aliphatic carbocycles. The average molecular weight is 321 g/mol. The monoisotopic (exact) mass is 320 g/mol. The summed E-state index contributed by atoms with van der Waals surface area (Å²) >= 11 is 5.84. The van der Waals surface area contributed by atoms with Gasteiger partial charge in [0.15, 0.2) is 0 Å². The molecule has 0 fully saturated rings. The molecule has 0 spiro atoms. The molecule has 0 aliphatic rings. The number of nitrogens with one attached hydrogen (secondary N) is 1. The van der Waals surface area contributed by atoms with Crippen molar-refractivity contribution < 1.29 is 17.9 Å². The Balaban J connectivity index is 2.70. The highest BCUT2D eigenvalue weighted by Gasteiger charge is 2.16. The van der Waals surface area contributed by atoms with Gasteiger partial charge in [-0.2, -0.15) is 0 Å². The van der Waals surface area contributed by atoms with E-state index in [0.29, 0.717) is 16.5 Å². The van der Waals surface area contributed by atoms with Crippen LogP contribution in [0, 0.1) is 0 Å². The van der Waals surface area contributed by atoms with Crippen molar-refractivity contribution in [1.82, 2.24) is 4.31 Å². The molecule has 1 aromatic carbocycles. The van der Waals surface area contributed by atoms with Gasteiger partial charge < -0.3 is 10.1 Å². The van der Waals surface area contributed by atoms with Crippen molar-refractivity contribution in [3.05, 3.63) is 23.2 Å². The van der Waals surface area contributed by atoms with E-state index in [4.69, 9.17) is 16.3 Å². The fourth-order valence-electron chi connectivity index (χ4n) is 1.39. The summed E-state index contributed by atoms with van der Waals surface area (Å²) in [7, 11) is 0.921. The zero-order valence-corrected chi connectivity index (χ0v) is 13.1. The van der Waals surface area contributed by atoms with Crippen LogP contribution in [-0.4, -0.2) is 45.6 Å². The highest BCUT2D eigenvalue weighted by molar-refractivity contribution is 7.89. The van der Waals surface area contributed by atoms with Crippen LogP contribution in [0.15, 0.2) is 18.2 Å². The van der Waals surface area contributed by atoms with Crippen molar-refractivity contribution in [1.29, 1.82) is 0 Å². The summed E-state index contributed by atoms with van der Waals surface area (Å²) < 4.78 is 29.3. The number of halogens is 1. The standard InChI is InChI=1S/C12H17ClN2O4S/c1-15(2)20(17,18)7-6-12(16)14-10-8-9(13)4-5-11(10)19-3/h4-5,8H,6-7H2,1-3H3,(H,14,16). The van der Waals surface area contributed by atoms with Gasteiger partial charge in [-0.05, 0) is 18.2 Å². The fourth-order valence-corrected chi connectivity index (χ4v) is 2.38. The van der Waals surface area contributed by atoms with Gasteiger partial charge in [0.1, 0.15) is 5.75 Å². The van der Waals surface area contributed by atoms with E-state index in [2.05, 4.69) is 5.32 Å². The largest absolute Gasteiger partial charge is 0.495 e. The van der Waals surface area contributed by atoms with Crippen molar-refractivity contribution in [2.24, 2.45) is 0 Å². The molecule has 0 aromatic heterocycles. The van der Waals surface area contributed by atoms with Crippen LogP contribution in [0.1, 0.15) is 6.42 Å². The topological polar surface area (TPSA) is 75.7 Å². The highest BCUT2D eigenvalue weighted by atomic mass is 35.5. The first-order valence-corrected chi connectivity index (χ1v) is 7.78. The summed E-state index contributed by atoms with van der Waals surface area (Å²) in [5, 5.41) is 3.03. The third kappa shape index (κ3) is 4.66. The minimum absolute atomic E-state index is 0.143. The van der Waals surface area contributed by atoms with Crippen molar-refractivity contribution in [2.75, 3.05) is 32.3 Å². The Morgan fingerprint density at radius 2 is 2.05 bits per heavy atom. The van der Waals surface area contributed by atoms with E-state index in [0.717, 1.165) is 4.31 Å². The second kappa shape index (κ2) is 6.92. The lowest BCUT2D eigenvalue weighted by Gasteiger charge is -2.12. The lowest BCUT2D eigenvalue weighted by atomic mass is 10.3. The molecular weight excluding hydrogens is 304 g/mol. The van der Waals surface area contributed by atoms with Crippen molar-refractivity contribution in [3.8, 4) is 5.75 Å². The molecule has 0 bridgehead atoms. The number of nitrogens with zero attached hydrogens (tertiary/aromatic N) is 1. The predicted octanol–water partition coefficient (Wildman–Crippen LogP) is 1.57. The van der Waals surface area contributed by atoms with Gasteiger partial charge in [0.2, 0.25) is 15.9 Å². The molecule has 6 nitrogen and oxygen atoms in total. The molecule has 0 radical (unpaired) electrons. The van der Waals surface area contributed by atoms with Crippen LogP contribution in [0.2, 0.25) is 5.02 Å². The Morgan fingerprint density at radius 3 is 2.60 bits per heavy atom. The maximum atomic E-state index is 11.8. The number of ether oxygens (including phenoxy) is 1. The SMILES string of the molecule is COc1ccc(Cl)cc1NC(=O)CCS(=O)(=O)N(C)C. The number of carbonyl (C=O) groups is 1. The fraction of sp³-hybridized carbons (Fsp3) is 0.417. The minimum Gasteiger partial charge on any atom is -0.495 e. The second-order valence-electron chi connectivity index (χ2n) is 4.24. The zero-order chi connectivity index (χ0) is 15.3. The number of methoxy groups -OCH3 is 1. The summed E-state index contributed by atoms with van der Waals surface area (Å²) in [5.74, 6) is -0.219.